The van der Waals surface area contributed by atoms with Gasteiger partial charge in [0.25, 0.3) is 0 Å². The van der Waals surface area contributed by atoms with Crippen LogP contribution in [0.3, 0.4) is 0 Å². The molecule has 19 heavy (non-hydrogen) atoms. The number of likely N-dealkylation sites (tertiary alicyclic amines) is 1. The average molecular weight is 288 g/mol. The maximum absolute atomic E-state index is 12.1. The number of nitrogens with one attached hydrogen (secondary N) is 1. The third kappa shape index (κ3) is 4.93. The predicted octanol–water partition coefficient (Wildman–Crippen LogP) is 2.02. The number of urea groups is 1. The largest absolute Gasteiger partial charge is 0.480 e. The Morgan fingerprint density at radius 1 is 1.47 bits per heavy atom. The molecule has 2 amide bonds. The zero-order chi connectivity index (χ0) is 14.4. The Morgan fingerprint density at radius 2 is 2.16 bits per heavy atom. The fourth-order valence-electron chi connectivity index (χ4n) is 2.43. The fourth-order valence-corrected chi connectivity index (χ4v) is 2.91. The number of nitrogens with zero attached hydrogens (tertiary/aromatic N) is 1. The van der Waals surface area contributed by atoms with Gasteiger partial charge in [0.15, 0.2) is 0 Å². The number of carbonyl (C=O) groups excluding carboxylic acids is 1. The van der Waals surface area contributed by atoms with Gasteiger partial charge >= 0.3 is 12.0 Å². The lowest BCUT2D eigenvalue weighted by atomic mass is 9.94. The highest BCUT2D eigenvalue weighted by Gasteiger charge is 2.29. The summed E-state index contributed by atoms with van der Waals surface area (Å²) >= 11 is 1.58. The van der Waals surface area contributed by atoms with Crippen molar-refractivity contribution in [3.8, 4) is 0 Å². The second-order valence-electron chi connectivity index (χ2n) is 5.29. The van der Waals surface area contributed by atoms with E-state index in [4.69, 9.17) is 5.11 Å². The van der Waals surface area contributed by atoms with Crippen molar-refractivity contribution in [3.63, 3.8) is 0 Å². The number of carbonyl (C=O) groups is 2. The molecule has 110 valence electrons. The molecular weight excluding hydrogens is 264 g/mol. The molecular formula is C13H24N2O3S. The van der Waals surface area contributed by atoms with Crippen LogP contribution >= 0.6 is 11.8 Å². The Balaban J connectivity index is 2.53. The van der Waals surface area contributed by atoms with Crippen molar-refractivity contribution in [2.45, 2.75) is 45.2 Å². The van der Waals surface area contributed by atoms with Gasteiger partial charge in [-0.15, -0.1) is 0 Å². The van der Waals surface area contributed by atoms with Crippen LogP contribution in [0.5, 0.6) is 0 Å². The van der Waals surface area contributed by atoms with Crippen LogP contribution in [0.15, 0.2) is 0 Å². The van der Waals surface area contributed by atoms with Crippen molar-refractivity contribution in [3.05, 3.63) is 0 Å². The van der Waals surface area contributed by atoms with E-state index in [1.165, 1.54) is 0 Å². The van der Waals surface area contributed by atoms with Gasteiger partial charge in [0.1, 0.15) is 6.04 Å². The van der Waals surface area contributed by atoms with E-state index >= 15 is 0 Å². The van der Waals surface area contributed by atoms with Gasteiger partial charge in [-0.1, -0.05) is 6.92 Å². The van der Waals surface area contributed by atoms with Gasteiger partial charge in [0.05, 0.1) is 0 Å². The van der Waals surface area contributed by atoms with Crippen molar-refractivity contribution in [1.29, 1.82) is 0 Å². The molecule has 0 aromatic heterocycles. The minimum absolute atomic E-state index is 0.179. The minimum Gasteiger partial charge on any atom is -0.480 e. The quantitative estimate of drug-likeness (QED) is 0.812. The van der Waals surface area contributed by atoms with Crippen molar-refractivity contribution in [1.82, 2.24) is 10.2 Å². The zero-order valence-electron chi connectivity index (χ0n) is 11.9. The standard InChI is InChI=1S/C13H24N2O3S/c1-9-4-6-15(10(2)8-9)13(18)14-11(12(16)17)5-7-19-3/h9-11H,4-8H2,1-3H3,(H,14,18)(H,16,17). The summed E-state index contributed by atoms with van der Waals surface area (Å²) in [4.78, 5) is 25.0. The van der Waals surface area contributed by atoms with Crippen molar-refractivity contribution >= 4 is 23.8 Å². The Labute approximate surface area is 119 Å². The number of hydrogen-bond acceptors (Lipinski definition) is 3. The maximum atomic E-state index is 12.1. The fraction of sp³-hybridized carbons (Fsp3) is 0.846. The van der Waals surface area contributed by atoms with E-state index < -0.39 is 12.0 Å². The molecule has 1 heterocycles. The lowest BCUT2D eigenvalue weighted by Crippen LogP contribution is -2.53. The minimum atomic E-state index is -0.958. The van der Waals surface area contributed by atoms with Crippen LogP contribution in [-0.2, 0) is 4.79 Å². The molecule has 0 aromatic carbocycles. The molecule has 0 aliphatic carbocycles. The monoisotopic (exact) mass is 288 g/mol. The SMILES string of the molecule is CSCCC(NC(=O)N1CCC(C)CC1C)C(=O)O. The normalized spacial score (nSPS) is 24.9. The third-order valence-electron chi connectivity index (χ3n) is 3.61. The predicted molar refractivity (Wildman–Crippen MR) is 77.5 cm³/mol. The molecule has 0 bridgehead atoms. The van der Waals surface area contributed by atoms with Gasteiger partial charge in [0, 0.05) is 12.6 Å². The Bertz CT molecular complexity index is 325. The molecule has 3 unspecified atom stereocenters. The van der Waals surface area contributed by atoms with E-state index in [0.717, 1.165) is 18.6 Å². The first-order chi connectivity index (χ1) is 8.95. The summed E-state index contributed by atoms with van der Waals surface area (Å²) in [5, 5.41) is 11.8. The lowest BCUT2D eigenvalue weighted by molar-refractivity contribution is -0.139. The number of aliphatic carboxylic acids is 1. The molecule has 1 fully saturated rings. The number of thioether (sulfide) groups is 1. The summed E-state index contributed by atoms with van der Waals surface area (Å²) < 4.78 is 0. The highest BCUT2D eigenvalue weighted by Crippen LogP contribution is 2.22. The molecule has 0 radical (unpaired) electrons. The number of carboxylic acids is 1. The lowest BCUT2D eigenvalue weighted by Gasteiger charge is -2.37. The highest BCUT2D eigenvalue weighted by atomic mass is 32.2. The van der Waals surface area contributed by atoms with Crippen LogP contribution in [0.1, 0.15) is 33.1 Å². The van der Waals surface area contributed by atoms with Crippen molar-refractivity contribution < 1.29 is 14.7 Å². The second kappa shape index (κ2) is 7.62. The Kier molecular flexibility index (Phi) is 6.48. The van der Waals surface area contributed by atoms with E-state index in [1.807, 2.05) is 13.2 Å². The summed E-state index contributed by atoms with van der Waals surface area (Å²) in [6, 6.07) is -0.849. The highest BCUT2D eigenvalue weighted by molar-refractivity contribution is 7.98. The van der Waals surface area contributed by atoms with Crippen LogP contribution < -0.4 is 5.32 Å². The molecule has 1 rings (SSSR count). The van der Waals surface area contributed by atoms with Gasteiger partial charge in [-0.3, -0.25) is 0 Å². The van der Waals surface area contributed by atoms with E-state index in [2.05, 4.69) is 12.2 Å². The van der Waals surface area contributed by atoms with Crippen LogP contribution in [-0.4, -0.2) is 52.6 Å². The van der Waals surface area contributed by atoms with E-state index in [0.29, 0.717) is 18.9 Å². The molecule has 5 nitrogen and oxygen atoms in total. The number of piperidine rings is 1. The van der Waals surface area contributed by atoms with Gasteiger partial charge < -0.3 is 15.3 Å². The summed E-state index contributed by atoms with van der Waals surface area (Å²) in [6.07, 6.45) is 4.35. The second-order valence-corrected chi connectivity index (χ2v) is 6.28. The molecule has 0 saturated carbocycles. The van der Waals surface area contributed by atoms with Gasteiger partial charge in [-0.25, -0.2) is 9.59 Å². The molecule has 2 N–H and O–H groups in total. The summed E-state index contributed by atoms with van der Waals surface area (Å²) in [5.74, 6) is 0.398. The number of carboxylic acid groups (broad SMARTS) is 1. The first kappa shape index (κ1) is 16.1. The molecule has 6 heteroatoms. The molecule has 1 aliphatic rings. The maximum Gasteiger partial charge on any atom is 0.326 e. The summed E-state index contributed by atoms with van der Waals surface area (Å²) in [5.41, 5.74) is 0. The molecule has 3 atom stereocenters. The van der Waals surface area contributed by atoms with E-state index in [9.17, 15) is 9.59 Å². The molecule has 0 spiro atoms. The summed E-state index contributed by atoms with van der Waals surface area (Å²) in [6.45, 7) is 4.92. The van der Waals surface area contributed by atoms with E-state index in [1.54, 1.807) is 16.7 Å². The van der Waals surface area contributed by atoms with Gasteiger partial charge in [-0.2, -0.15) is 11.8 Å². The Morgan fingerprint density at radius 3 is 2.68 bits per heavy atom. The van der Waals surface area contributed by atoms with Gasteiger partial charge in [0.2, 0.25) is 0 Å². The van der Waals surface area contributed by atoms with E-state index in [-0.39, 0.29) is 12.1 Å². The topological polar surface area (TPSA) is 69.6 Å². The zero-order valence-corrected chi connectivity index (χ0v) is 12.7. The van der Waals surface area contributed by atoms with Crippen molar-refractivity contribution in [2.24, 2.45) is 5.92 Å². The van der Waals surface area contributed by atoms with Gasteiger partial charge in [-0.05, 0) is 44.1 Å². The molecule has 0 aromatic rings. The average Bonchev–Trinajstić information content (AvgIpc) is 2.33. The Hall–Kier alpha value is -0.910. The van der Waals surface area contributed by atoms with Crippen molar-refractivity contribution in [2.75, 3.05) is 18.6 Å². The number of amides is 2. The van der Waals surface area contributed by atoms with Crippen LogP contribution in [0, 0.1) is 5.92 Å². The first-order valence-electron chi connectivity index (χ1n) is 6.74. The number of rotatable bonds is 5. The first-order valence-corrected chi connectivity index (χ1v) is 8.14. The summed E-state index contributed by atoms with van der Waals surface area (Å²) in [7, 11) is 0. The van der Waals surface area contributed by atoms with Crippen LogP contribution in [0.2, 0.25) is 0 Å². The molecule has 1 aliphatic heterocycles. The van der Waals surface area contributed by atoms with Crippen LogP contribution in [0.4, 0.5) is 4.79 Å². The number of hydrogen-bond donors (Lipinski definition) is 2. The van der Waals surface area contributed by atoms with Crippen LogP contribution in [0.25, 0.3) is 0 Å². The molecule has 1 saturated heterocycles. The smallest absolute Gasteiger partial charge is 0.326 e. The third-order valence-corrected chi connectivity index (χ3v) is 4.25.